The Bertz CT molecular complexity index is 883. The predicted octanol–water partition coefficient (Wildman–Crippen LogP) is 3.67. The molecule has 154 valence electrons. The highest BCUT2D eigenvalue weighted by Gasteiger charge is 2.12. The van der Waals surface area contributed by atoms with Gasteiger partial charge >= 0.3 is 0 Å². The number of amides is 1. The van der Waals surface area contributed by atoms with Crippen molar-refractivity contribution in [2.75, 3.05) is 25.1 Å². The number of benzene rings is 2. The van der Waals surface area contributed by atoms with Crippen molar-refractivity contribution in [3.8, 4) is 5.75 Å². The number of unbranched alkanes of at least 4 members (excludes halogenated alkanes) is 1. The van der Waals surface area contributed by atoms with E-state index in [0.29, 0.717) is 11.3 Å². The van der Waals surface area contributed by atoms with Crippen molar-refractivity contribution in [2.24, 2.45) is 5.10 Å². The number of nitro benzene ring substituents is 1. The largest absolute Gasteiger partial charge is 0.483 e. The van der Waals surface area contributed by atoms with Crippen molar-refractivity contribution in [1.82, 2.24) is 5.43 Å². The molecule has 0 aliphatic heterocycles. The Morgan fingerprint density at radius 2 is 2.07 bits per heavy atom. The molecule has 0 saturated heterocycles. The monoisotopic (exact) mass is 398 g/mol. The van der Waals surface area contributed by atoms with Crippen LogP contribution in [0.4, 0.5) is 11.4 Å². The number of ether oxygens (including phenoxy) is 1. The number of nitrogens with one attached hydrogen (secondary N) is 1. The van der Waals surface area contributed by atoms with Crippen LogP contribution in [0.3, 0.4) is 0 Å². The van der Waals surface area contributed by atoms with Crippen LogP contribution in [0.15, 0.2) is 47.6 Å². The van der Waals surface area contributed by atoms with Crippen molar-refractivity contribution >= 4 is 23.5 Å². The van der Waals surface area contributed by atoms with Crippen LogP contribution in [-0.2, 0) is 4.79 Å². The van der Waals surface area contributed by atoms with Gasteiger partial charge in [-0.2, -0.15) is 5.10 Å². The lowest BCUT2D eigenvalue weighted by Gasteiger charge is -2.20. The zero-order valence-electron chi connectivity index (χ0n) is 16.9. The minimum atomic E-state index is -0.457. The molecule has 0 saturated carbocycles. The van der Waals surface area contributed by atoms with E-state index in [9.17, 15) is 14.9 Å². The molecule has 29 heavy (non-hydrogen) atoms. The number of non-ortho nitro benzene ring substituents is 1. The molecule has 0 aliphatic carbocycles. The van der Waals surface area contributed by atoms with Gasteiger partial charge < -0.3 is 9.64 Å². The molecular weight excluding hydrogens is 372 g/mol. The Kier molecular flexibility index (Phi) is 8.14. The summed E-state index contributed by atoms with van der Waals surface area (Å²) < 4.78 is 5.47. The van der Waals surface area contributed by atoms with E-state index in [4.69, 9.17) is 4.74 Å². The van der Waals surface area contributed by atoms with E-state index in [0.717, 1.165) is 30.6 Å². The highest BCUT2D eigenvalue weighted by atomic mass is 16.6. The summed E-state index contributed by atoms with van der Waals surface area (Å²) in [5, 5.41) is 15.0. The maximum atomic E-state index is 12.0. The third kappa shape index (κ3) is 6.60. The lowest BCUT2D eigenvalue weighted by molar-refractivity contribution is -0.384. The van der Waals surface area contributed by atoms with Crippen molar-refractivity contribution in [3.63, 3.8) is 0 Å². The quantitative estimate of drug-likeness (QED) is 0.374. The second-order valence-corrected chi connectivity index (χ2v) is 6.62. The molecule has 2 rings (SSSR count). The molecule has 0 heterocycles. The Labute approximate surface area is 170 Å². The van der Waals surface area contributed by atoms with Gasteiger partial charge in [-0.15, -0.1) is 0 Å². The third-order valence-electron chi connectivity index (χ3n) is 4.33. The number of para-hydroxylation sites is 1. The van der Waals surface area contributed by atoms with E-state index >= 15 is 0 Å². The van der Waals surface area contributed by atoms with Crippen LogP contribution in [0.5, 0.6) is 5.75 Å². The number of rotatable bonds is 10. The van der Waals surface area contributed by atoms with Crippen molar-refractivity contribution in [3.05, 3.63) is 63.7 Å². The standard InChI is InChI=1S/C21H26N4O4/c1-4-5-12-24(3)19-11-10-18(25(27)28)13-17(19)14-22-23-21(26)15-29-20-9-7-6-8-16(20)2/h6-11,13-14H,4-5,12,15H2,1-3H3,(H,23,26). The molecule has 0 bridgehead atoms. The number of hydrogen-bond acceptors (Lipinski definition) is 6. The SMILES string of the molecule is CCCCN(C)c1ccc([N+](=O)[O-])cc1C=NNC(=O)COc1ccccc1C. The second-order valence-electron chi connectivity index (χ2n) is 6.62. The van der Waals surface area contributed by atoms with Crippen LogP contribution in [0, 0.1) is 17.0 Å². The van der Waals surface area contributed by atoms with Crippen LogP contribution in [0.1, 0.15) is 30.9 Å². The summed E-state index contributed by atoms with van der Waals surface area (Å²) in [6.45, 7) is 4.62. The summed E-state index contributed by atoms with van der Waals surface area (Å²) in [6.07, 6.45) is 3.45. The zero-order chi connectivity index (χ0) is 21.2. The number of anilines is 1. The number of aryl methyl sites for hydroxylation is 1. The number of nitrogens with zero attached hydrogens (tertiary/aromatic N) is 3. The molecule has 8 heteroatoms. The Morgan fingerprint density at radius 1 is 1.31 bits per heavy atom. The molecule has 0 radical (unpaired) electrons. The maximum Gasteiger partial charge on any atom is 0.277 e. The van der Waals surface area contributed by atoms with Gasteiger partial charge in [0.1, 0.15) is 5.75 Å². The van der Waals surface area contributed by atoms with Crippen LogP contribution in [0.25, 0.3) is 0 Å². The lowest BCUT2D eigenvalue weighted by Crippen LogP contribution is -2.25. The van der Waals surface area contributed by atoms with Gasteiger partial charge in [0.15, 0.2) is 6.61 Å². The van der Waals surface area contributed by atoms with Gasteiger partial charge in [-0.1, -0.05) is 31.5 Å². The molecule has 2 aromatic rings. The molecule has 0 fully saturated rings. The molecule has 0 spiro atoms. The summed E-state index contributed by atoms with van der Waals surface area (Å²) in [7, 11) is 1.92. The Balaban J connectivity index is 2.05. The Morgan fingerprint density at radius 3 is 2.76 bits per heavy atom. The number of carbonyl (C=O) groups is 1. The van der Waals surface area contributed by atoms with Crippen molar-refractivity contribution < 1.29 is 14.5 Å². The van der Waals surface area contributed by atoms with E-state index in [1.165, 1.54) is 18.3 Å². The molecular formula is C21H26N4O4. The van der Waals surface area contributed by atoms with Crippen LogP contribution < -0.4 is 15.1 Å². The van der Waals surface area contributed by atoms with Gasteiger partial charge in [-0.05, 0) is 31.0 Å². The molecule has 1 N–H and O–H groups in total. The predicted molar refractivity (Wildman–Crippen MR) is 114 cm³/mol. The molecule has 1 amide bonds. The van der Waals surface area contributed by atoms with Gasteiger partial charge in [0.2, 0.25) is 0 Å². The molecule has 0 aliphatic rings. The fourth-order valence-electron chi connectivity index (χ4n) is 2.69. The topological polar surface area (TPSA) is 97.1 Å². The van der Waals surface area contributed by atoms with Crippen LogP contribution in [0.2, 0.25) is 0 Å². The van der Waals surface area contributed by atoms with Gasteiger partial charge in [-0.25, -0.2) is 5.43 Å². The van der Waals surface area contributed by atoms with Crippen LogP contribution >= 0.6 is 0 Å². The normalized spacial score (nSPS) is 10.7. The number of hydrogen-bond donors (Lipinski definition) is 1. The minimum absolute atomic E-state index is 0.0340. The smallest absolute Gasteiger partial charge is 0.277 e. The minimum Gasteiger partial charge on any atom is -0.483 e. The highest BCUT2D eigenvalue weighted by Crippen LogP contribution is 2.24. The fourth-order valence-corrected chi connectivity index (χ4v) is 2.69. The average molecular weight is 398 g/mol. The summed E-state index contributed by atoms with van der Waals surface area (Å²) in [6, 6.07) is 12.0. The van der Waals surface area contributed by atoms with Crippen LogP contribution in [-0.4, -0.2) is 37.2 Å². The summed E-state index contributed by atoms with van der Waals surface area (Å²) >= 11 is 0. The van der Waals surface area contributed by atoms with Gasteiger partial charge in [0, 0.05) is 37.0 Å². The fraction of sp³-hybridized carbons (Fsp3) is 0.333. The summed E-state index contributed by atoms with van der Waals surface area (Å²) in [5.74, 6) is 0.209. The molecule has 0 aromatic heterocycles. The van der Waals surface area contributed by atoms with E-state index in [1.807, 2.05) is 37.1 Å². The zero-order valence-corrected chi connectivity index (χ0v) is 16.9. The molecule has 0 unspecified atom stereocenters. The number of nitro groups is 1. The van der Waals surface area contributed by atoms with Gasteiger partial charge in [-0.3, -0.25) is 14.9 Å². The first-order chi connectivity index (χ1) is 13.9. The molecule has 0 atom stereocenters. The first kappa shape index (κ1) is 21.9. The van der Waals surface area contributed by atoms with E-state index in [1.54, 1.807) is 12.1 Å². The summed E-state index contributed by atoms with van der Waals surface area (Å²) in [5.41, 5.74) is 4.65. The molecule has 8 nitrogen and oxygen atoms in total. The van der Waals surface area contributed by atoms with Crippen molar-refractivity contribution in [2.45, 2.75) is 26.7 Å². The van der Waals surface area contributed by atoms with Gasteiger partial charge in [0.05, 0.1) is 11.1 Å². The number of hydrazone groups is 1. The van der Waals surface area contributed by atoms with E-state index in [2.05, 4.69) is 17.5 Å². The van der Waals surface area contributed by atoms with Gasteiger partial charge in [0.25, 0.3) is 11.6 Å². The van der Waals surface area contributed by atoms with E-state index < -0.39 is 10.8 Å². The lowest BCUT2D eigenvalue weighted by atomic mass is 10.1. The van der Waals surface area contributed by atoms with E-state index in [-0.39, 0.29) is 12.3 Å². The third-order valence-corrected chi connectivity index (χ3v) is 4.33. The first-order valence-electron chi connectivity index (χ1n) is 9.42. The number of carbonyl (C=O) groups excluding carboxylic acids is 1. The molecule has 2 aromatic carbocycles. The first-order valence-corrected chi connectivity index (χ1v) is 9.42. The summed E-state index contributed by atoms with van der Waals surface area (Å²) in [4.78, 5) is 24.6. The second kappa shape index (κ2) is 10.8. The average Bonchev–Trinajstić information content (AvgIpc) is 2.71. The van der Waals surface area contributed by atoms with Crippen molar-refractivity contribution in [1.29, 1.82) is 0 Å². The Hall–Kier alpha value is -3.42. The highest BCUT2D eigenvalue weighted by molar-refractivity contribution is 5.90. The maximum absolute atomic E-state index is 12.0.